The molecular weight excluding hydrogens is 324 g/mol. The van der Waals surface area contributed by atoms with E-state index in [1.165, 1.54) is 0 Å². The largest absolute Gasteiger partial charge is 0.481 e. The fourth-order valence-electron chi connectivity index (χ4n) is 2.85. The molecule has 5 nitrogen and oxygen atoms in total. The Hall–Kier alpha value is -2.66. The molecule has 1 aromatic carbocycles. The smallest absolute Gasteiger partial charge is 0.213 e. The van der Waals surface area contributed by atoms with Crippen molar-refractivity contribution >= 4 is 33.5 Å². The van der Waals surface area contributed by atoms with E-state index in [0.29, 0.717) is 17.4 Å². The first kappa shape index (κ1) is 14.9. The summed E-state index contributed by atoms with van der Waals surface area (Å²) < 4.78 is 7.15. The van der Waals surface area contributed by atoms with Gasteiger partial charge in [-0.2, -0.15) is 5.10 Å². The molecule has 0 aliphatic heterocycles. The van der Waals surface area contributed by atoms with Crippen molar-refractivity contribution in [2.45, 2.75) is 13.5 Å². The number of fused-ring (bicyclic) bond motifs is 2. The van der Waals surface area contributed by atoms with Crippen LogP contribution in [0, 0.1) is 6.92 Å². The molecule has 0 aliphatic rings. The maximum Gasteiger partial charge on any atom is 0.213 e. The molecule has 0 atom stereocenters. The van der Waals surface area contributed by atoms with Crippen LogP contribution >= 0.6 is 11.6 Å². The Balaban J connectivity index is 1.76. The summed E-state index contributed by atoms with van der Waals surface area (Å²) in [6.45, 7) is 2.61. The monoisotopic (exact) mass is 338 g/mol. The molecule has 0 saturated carbocycles. The molecule has 0 N–H and O–H groups in total. The van der Waals surface area contributed by atoms with Gasteiger partial charge in [0.15, 0.2) is 0 Å². The lowest BCUT2D eigenvalue weighted by molar-refractivity contribution is 0.399. The van der Waals surface area contributed by atoms with E-state index in [2.05, 4.69) is 27.2 Å². The van der Waals surface area contributed by atoms with E-state index in [4.69, 9.17) is 16.3 Å². The molecule has 24 heavy (non-hydrogen) atoms. The van der Waals surface area contributed by atoms with Crippen LogP contribution in [0.3, 0.4) is 0 Å². The van der Waals surface area contributed by atoms with Gasteiger partial charge in [-0.05, 0) is 36.8 Å². The third-order valence-corrected chi connectivity index (χ3v) is 4.20. The lowest BCUT2D eigenvalue weighted by Crippen LogP contribution is -2.02. The molecular formula is C18H15ClN4O. The number of hydrogen-bond acceptors (Lipinski definition) is 4. The van der Waals surface area contributed by atoms with Gasteiger partial charge in [-0.15, -0.1) is 0 Å². The number of methoxy groups -OCH3 is 1. The van der Waals surface area contributed by atoms with Crippen LogP contribution in [0.15, 0.2) is 42.6 Å². The fourth-order valence-corrected chi connectivity index (χ4v) is 3.02. The lowest BCUT2D eigenvalue weighted by atomic mass is 10.1. The molecule has 0 aliphatic carbocycles. The molecule has 4 aromatic rings. The van der Waals surface area contributed by atoms with E-state index in [1.54, 1.807) is 13.3 Å². The number of aryl methyl sites for hydroxylation is 1. The van der Waals surface area contributed by atoms with Crippen LogP contribution in [-0.2, 0) is 6.54 Å². The van der Waals surface area contributed by atoms with Crippen molar-refractivity contribution in [2.75, 3.05) is 7.11 Å². The zero-order chi connectivity index (χ0) is 16.7. The van der Waals surface area contributed by atoms with Crippen LogP contribution in [0.1, 0.15) is 11.3 Å². The molecule has 0 bridgehead atoms. The minimum absolute atomic E-state index is 0.594. The Morgan fingerprint density at radius 2 is 2.04 bits per heavy atom. The summed E-state index contributed by atoms with van der Waals surface area (Å²) >= 11 is 6.04. The first-order valence-corrected chi connectivity index (χ1v) is 7.94. The summed E-state index contributed by atoms with van der Waals surface area (Å²) in [5, 5.41) is 6.27. The van der Waals surface area contributed by atoms with Gasteiger partial charge in [-0.3, -0.25) is 9.67 Å². The third kappa shape index (κ3) is 2.57. The van der Waals surface area contributed by atoms with Gasteiger partial charge in [0, 0.05) is 17.6 Å². The maximum absolute atomic E-state index is 6.04. The van der Waals surface area contributed by atoms with E-state index in [9.17, 15) is 0 Å². The Morgan fingerprint density at radius 1 is 1.17 bits per heavy atom. The van der Waals surface area contributed by atoms with Crippen LogP contribution in [0.25, 0.3) is 21.9 Å². The zero-order valence-corrected chi connectivity index (χ0v) is 14.1. The first-order valence-electron chi connectivity index (χ1n) is 7.56. The lowest BCUT2D eigenvalue weighted by Gasteiger charge is -2.06. The fraction of sp³-hybridized carbons (Fsp3) is 0.167. The SMILES string of the molecule is COc1ccc2c(n1)c(C)nn2Cc1ccc2ncc(Cl)cc2c1. The number of rotatable bonds is 3. The summed E-state index contributed by atoms with van der Waals surface area (Å²) in [6, 6.07) is 11.9. The predicted octanol–water partition coefficient (Wildman–Crippen LogP) is 4.00. The van der Waals surface area contributed by atoms with Gasteiger partial charge in [0.05, 0.1) is 35.4 Å². The molecule has 0 spiro atoms. The second kappa shape index (κ2) is 5.76. The maximum atomic E-state index is 6.04. The zero-order valence-electron chi connectivity index (χ0n) is 13.3. The van der Waals surface area contributed by atoms with Gasteiger partial charge in [0.25, 0.3) is 0 Å². The highest BCUT2D eigenvalue weighted by Gasteiger charge is 2.10. The summed E-state index contributed by atoms with van der Waals surface area (Å²) in [4.78, 5) is 8.81. The number of benzene rings is 1. The van der Waals surface area contributed by atoms with Crippen LogP contribution in [0.4, 0.5) is 0 Å². The summed E-state index contributed by atoms with van der Waals surface area (Å²) in [6.07, 6.45) is 1.66. The Labute approximate surface area is 143 Å². The van der Waals surface area contributed by atoms with Gasteiger partial charge < -0.3 is 4.74 Å². The summed E-state index contributed by atoms with van der Waals surface area (Å²) in [7, 11) is 1.61. The number of aromatic nitrogens is 4. The Kier molecular flexibility index (Phi) is 3.58. The van der Waals surface area contributed by atoms with Gasteiger partial charge >= 0.3 is 0 Å². The highest BCUT2D eigenvalue weighted by Crippen LogP contribution is 2.22. The average molecular weight is 339 g/mol. The second-order valence-electron chi connectivity index (χ2n) is 5.64. The number of ether oxygens (including phenoxy) is 1. The van der Waals surface area contributed by atoms with Crippen molar-refractivity contribution in [3.05, 3.63) is 58.9 Å². The third-order valence-electron chi connectivity index (χ3n) is 3.99. The van der Waals surface area contributed by atoms with Gasteiger partial charge in [0.1, 0.15) is 5.52 Å². The predicted molar refractivity (Wildman–Crippen MR) is 94.7 cm³/mol. The topological polar surface area (TPSA) is 52.8 Å². The standard InChI is InChI=1S/C18H15ClN4O/c1-11-18-16(5-6-17(21-18)24-2)23(22-11)10-12-3-4-15-13(7-12)8-14(19)9-20-15/h3-9H,10H2,1-2H3. The molecule has 0 unspecified atom stereocenters. The van der Waals surface area contributed by atoms with E-state index in [-0.39, 0.29) is 0 Å². The highest BCUT2D eigenvalue weighted by molar-refractivity contribution is 6.31. The highest BCUT2D eigenvalue weighted by atomic mass is 35.5. The van der Waals surface area contributed by atoms with Gasteiger partial charge in [-0.1, -0.05) is 17.7 Å². The van der Waals surface area contributed by atoms with Crippen molar-refractivity contribution in [3.8, 4) is 5.88 Å². The Morgan fingerprint density at radius 3 is 2.88 bits per heavy atom. The van der Waals surface area contributed by atoms with Crippen LogP contribution in [0.2, 0.25) is 5.02 Å². The molecule has 0 saturated heterocycles. The normalized spacial score (nSPS) is 11.3. The van der Waals surface area contributed by atoms with Crippen molar-refractivity contribution in [3.63, 3.8) is 0 Å². The van der Waals surface area contributed by atoms with E-state index in [0.717, 1.165) is 33.2 Å². The first-order chi connectivity index (χ1) is 11.6. The molecule has 4 rings (SSSR count). The molecule has 3 heterocycles. The van der Waals surface area contributed by atoms with Crippen LogP contribution < -0.4 is 4.74 Å². The van der Waals surface area contributed by atoms with E-state index in [1.807, 2.05) is 35.9 Å². The molecule has 0 fully saturated rings. The minimum Gasteiger partial charge on any atom is -0.481 e. The Bertz CT molecular complexity index is 1060. The van der Waals surface area contributed by atoms with Crippen molar-refractivity contribution in [2.24, 2.45) is 0 Å². The van der Waals surface area contributed by atoms with Gasteiger partial charge in [-0.25, -0.2) is 4.98 Å². The average Bonchev–Trinajstić information content (AvgIpc) is 2.90. The number of hydrogen-bond donors (Lipinski definition) is 0. The molecule has 6 heteroatoms. The number of halogens is 1. The second-order valence-corrected chi connectivity index (χ2v) is 6.08. The van der Waals surface area contributed by atoms with Crippen molar-refractivity contribution in [1.29, 1.82) is 0 Å². The molecule has 0 amide bonds. The van der Waals surface area contributed by atoms with Crippen LogP contribution in [-0.4, -0.2) is 26.9 Å². The molecule has 120 valence electrons. The minimum atomic E-state index is 0.594. The number of nitrogens with zero attached hydrogens (tertiary/aromatic N) is 4. The van der Waals surface area contributed by atoms with E-state index < -0.39 is 0 Å². The van der Waals surface area contributed by atoms with Crippen LogP contribution in [0.5, 0.6) is 5.88 Å². The van der Waals surface area contributed by atoms with Gasteiger partial charge in [0.2, 0.25) is 5.88 Å². The van der Waals surface area contributed by atoms with Crippen molar-refractivity contribution in [1.82, 2.24) is 19.7 Å². The van der Waals surface area contributed by atoms with Crippen molar-refractivity contribution < 1.29 is 4.74 Å². The molecule has 0 radical (unpaired) electrons. The molecule has 3 aromatic heterocycles. The quantitative estimate of drug-likeness (QED) is 0.566. The summed E-state index contributed by atoms with van der Waals surface area (Å²) in [5.41, 5.74) is 4.79. The summed E-state index contributed by atoms with van der Waals surface area (Å²) in [5.74, 6) is 0.594. The van der Waals surface area contributed by atoms with E-state index >= 15 is 0 Å². The number of pyridine rings is 2.